The number of aliphatic carboxylic acids is 1. The molecular formula is C24H24F4N4O5. The predicted molar refractivity (Wildman–Crippen MR) is 126 cm³/mol. The van der Waals surface area contributed by atoms with E-state index in [9.17, 15) is 31.9 Å². The third kappa shape index (κ3) is 6.61. The van der Waals surface area contributed by atoms with Crippen molar-refractivity contribution in [3.8, 4) is 0 Å². The molecule has 3 aromatic rings. The van der Waals surface area contributed by atoms with Gasteiger partial charge in [-0.25, -0.2) is 14.0 Å². The lowest BCUT2D eigenvalue weighted by Gasteiger charge is -2.33. The molecule has 1 aliphatic heterocycles. The van der Waals surface area contributed by atoms with Crippen LogP contribution in [-0.4, -0.2) is 63.3 Å². The number of carboxylic acid groups (broad SMARTS) is 1. The number of para-hydroxylation sites is 1. The van der Waals surface area contributed by atoms with E-state index in [4.69, 9.17) is 9.90 Å². The molecule has 198 valence electrons. The summed E-state index contributed by atoms with van der Waals surface area (Å²) in [7, 11) is 0. The fourth-order valence-electron chi connectivity index (χ4n) is 3.87. The number of amides is 1. The minimum Gasteiger partial charge on any atom is -0.475 e. The van der Waals surface area contributed by atoms with E-state index in [0.29, 0.717) is 36.1 Å². The van der Waals surface area contributed by atoms with E-state index in [2.05, 4.69) is 10.3 Å². The molecular weight excluding hydrogens is 500 g/mol. The van der Waals surface area contributed by atoms with Crippen molar-refractivity contribution in [3.05, 3.63) is 80.2 Å². The number of piperazine rings is 1. The van der Waals surface area contributed by atoms with E-state index in [0.717, 1.165) is 6.42 Å². The Balaban J connectivity index is 0.000000479. The number of carbonyl (C=O) groups is 2. The Kier molecular flexibility index (Phi) is 8.48. The third-order valence-electron chi connectivity index (χ3n) is 5.78. The predicted octanol–water partition coefficient (Wildman–Crippen LogP) is 2.33. The molecule has 1 unspecified atom stereocenters. The lowest BCUT2D eigenvalue weighted by Crippen LogP contribution is -2.52. The first-order valence-corrected chi connectivity index (χ1v) is 11.3. The van der Waals surface area contributed by atoms with Crippen molar-refractivity contribution in [3.63, 3.8) is 0 Å². The average Bonchev–Trinajstić information content (AvgIpc) is 2.87. The number of hydrogen-bond acceptors (Lipinski definition) is 5. The van der Waals surface area contributed by atoms with Crippen LogP contribution in [0.3, 0.4) is 0 Å². The number of hydrogen-bond donors (Lipinski definition) is 3. The zero-order chi connectivity index (χ0) is 27.3. The first-order valence-electron chi connectivity index (χ1n) is 11.3. The smallest absolute Gasteiger partial charge is 0.475 e. The topological polar surface area (TPSA) is 125 Å². The zero-order valence-corrected chi connectivity index (χ0v) is 19.6. The van der Waals surface area contributed by atoms with Gasteiger partial charge in [-0.05, 0) is 36.2 Å². The number of carboxylic acids is 1. The van der Waals surface area contributed by atoms with Gasteiger partial charge in [-0.3, -0.25) is 19.1 Å². The second-order valence-corrected chi connectivity index (χ2v) is 8.29. The summed E-state index contributed by atoms with van der Waals surface area (Å²) in [5.74, 6) is -3.70. The number of aromatic nitrogens is 2. The highest BCUT2D eigenvalue weighted by molar-refractivity contribution is 5.94. The number of H-pyrrole nitrogens is 1. The average molecular weight is 524 g/mol. The Morgan fingerprint density at radius 2 is 1.81 bits per heavy atom. The van der Waals surface area contributed by atoms with E-state index in [1.807, 2.05) is 6.92 Å². The van der Waals surface area contributed by atoms with Crippen LogP contribution in [0.15, 0.2) is 52.1 Å². The van der Waals surface area contributed by atoms with Gasteiger partial charge >= 0.3 is 17.8 Å². The van der Waals surface area contributed by atoms with Crippen molar-refractivity contribution < 1.29 is 32.3 Å². The lowest BCUT2D eigenvalue weighted by atomic mass is 10.1. The highest BCUT2D eigenvalue weighted by Crippen LogP contribution is 2.17. The molecule has 1 saturated heterocycles. The number of aromatic amines is 1. The number of carbonyl (C=O) groups excluding carboxylic acids is 1. The number of fused-ring (bicyclic) bond motifs is 1. The molecule has 2 aromatic carbocycles. The lowest BCUT2D eigenvalue weighted by molar-refractivity contribution is -0.192. The molecule has 13 heteroatoms. The third-order valence-corrected chi connectivity index (χ3v) is 5.78. The van der Waals surface area contributed by atoms with Crippen molar-refractivity contribution in [2.24, 2.45) is 0 Å². The van der Waals surface area contributed by atoms with Crippen LogP contribution >= 0.6 is 0 Å². The molecule has 37 heavy (non-hydrogen) atoms. The largest absolute Gasteiger partial charge is 0.490 e. The molecule has 0 aliphatic carbocycles. The molecule has 1 atom stereocenters. The SMILES string of the molecule is CCC1CN(C(=O)c2cc(Cn3c(=O)[nH]c(=O)c4ccccc43)ccc2F)CCN1.O=C(O)C(F)(F)F. The van der Waals surface area contributed by atoms with Gasteiger partial charge in [-0.2, -0.15) is 13.2 Å². The van der Waals surface area contributed by atoms with Crippen LogP contribution in [0.1, 0.15) is 29.3 Å². The molecule has 1 aromatic heterocycles. The van der Waals surface area contributed by atoms with Crippen molar-refractivity contribution >= 4 is 22.8 Å². The molecule has 3 N–H and O–H groups in total. The van der Waals surface area contributed by atoms with Crippen molar-refractivity contribution in [2.75, 3.05) is 19.6 Å². The number of rotatable bonds is 4. The molecule has 9 nitrogen and oxygen atoms in total. The monoisotopic (exact) mass is 524 g/mol. The summed E-state index contributed by atoms with van der Waals surface area (Å²) in [6.07, 6.45) is -4.20. The number of benzene rings is 2. The van der Waals surface area contributed by atoms with Crippen LogP contribution in [0, 0.1) is 5.82 Å². The Labute approximate surface area is 207 Å². The normalized spacial score (nSPS) is 15.7. The maximum atomic E-state index is 14.5. The molecule has 0 saturated carbocycles. The molecule has 0 radical (unpaired) electrons. The zero-order valence-electron chi connectivity index (χ0n) is 19.6. The molecule has 0 spiro atoms. The number of nitrogens with one attached hydrogen (secondary N) is 2. The van der Waals surface area contributed by atoms with E-state index in [1.165, 1.54) is 16.7 Å². The highest BCUT2D eigenvalue weighted by Gasteiger charge is 2.38. The van der Waals surface area contributed by atoms with Crippen molar-refractivity contribution in [1.29, 1.82) is 0 Å². The van der Waals surface area contributed by atoms with Gasteiger partial charge in [-0.1, -0.05) is 25.1 Å². The fourth-order valence-corrected chi connectivity index (χ4v) is 3.87. The summed E-state index contributed by atoms with van der Waals surface area (Å²) < 4.78 is 47.6. The summed E-state index contributed by atoms with van der Waals surface area (Å²) in [5, 5.41) is 10.9. The van der Waals surface area contributed by atoms with Gasteiger partial charge in [0.2, 0.25) is 0 Å². The van der Waals surface area contributed by atoms with Gasteiger partial charge in [-0.15, -0.1) is 0 Å². The molecule has 1 aliphatic rings. The fraction of sp³-hybridized carbons (Fsp3) is 0.333. The molecule has 1 fully saturated rings. The maximum absolute atomic E-state index is 14.5. The molecule has 0 bridgehead atoms. The van der Waals surface area contributed by atoms with Gasteiger partial charge < -0.3 is 15.3 Å². The second kappa shape index (κ2) is 11.4. The van der Waals surface area contributed by atoms with Crippen LogP contribution in [-0.2, 0) is 11.3 Å². The first kappa shape index (κ1) is 27.6. The minimum absolute atomic E-state index is 0.00830. The van der Waals surface area contributed by atoms with Crippen molar-refractivity contribution in [1.82, 2.24) is 19.8 Å². The Bertz CT molecular complexity index is 1420. The van der Waals surface area contributed by atoms with Gasteiger partial charge in [0.15, 0.2) is 0 Å². The molecule has 4 rings (SSSR count). The number of alkyl halides is 3. The summed E-state index contributed by atoms with van der Waals surface area (Å²) in [6, 6.07) is 11.3. The summed E-state index contributed by atoms with van der Waals surface area (Å²) >= 11 is 0. The van der Waals surface area contributed by atoms with Crippen molar-refractivity contribution in [2.45, 2.75) is 32.1 Å². The summed E-state index contributed by atoms with van der Waals surface area (Å²) in [4.78, 5) is 50.3. The summed E-state index contributed by atoms with van der Waals surface area (Å²) in [6.45, 7) is 3.87. The maximum Gasteiger partial charge on any atom is 0.490 e. The van der Waals surface area contributed by atoms with Crippen LogP contribution in [0.25, 0.3) is 10.9 Å². The first-order chi connectivity index (χ1) is 17.4. The van der Waals surface area contributed by atoms with Gasteiger partial charge in [0.25, 0.3) is 11.5 Å². The van der Waals surface area contributed by atoms with Gasteiger partial charge in [0.05, 0.1) is 23.0 Å². The highest BCUT2D eigenvalue weighted by atomic mass is 19.4. The van der Waals surface area contributed by atoms with Crippen LogP contribution in [0.5, 0.6) is 0 Å². The van der Waals surface area contributed by atoms with E-state index < -0.39 is 29.2 Å². The van der Waals surface area contributed by atoms with E-state index in [1.54, 1.807) is 35.2 Å². The Morgan fingerprint density at radius 1 is 1.14 bits per heavy atom. The summed E-state index contributed by atoms with van der Waals surface area (Å²) in [5.41, 5.74) is 0.0680. The quantitative estimate of drug-likeness (QED) is 0.450. The second-order valence-electron chi connectivity index (χ2n) is 8.29. The van der Waals surface area contributed by atoms with E-state index >= 15 is 0 Å². The Hall–Kier alpha value is -4.00. The van der Waals surface area contributed by atoms with Gasteiger partial charge in [0, 0.05) is 25.7 Å². The Morgan fingerprint density at radius 3 is 2.46 bits per heavy atom. The van der Waals surface area contributed by atoms with Crippen LogP contribution in [0.2, 0.25) is 0 Å². The van der Waals surface area contributed by atoms with Gasteiger partial charge in [0.1, 0.15) is 5.82 Å². The standard InChI is InChI=1S/C22H23FN4O3.C2HF3O2/c1-2-15-13-26(10-9-24-15)21(29)17-11-14(7-8-18(17)23)12-27-19-6-4-3-5-16(19)20(28)25-22(27)30;3-2(4,5)1(6)7/h3-8,11,15,24H,2,9-10,12-13H2,1H3,(H,25,28,30);(H,6,7). The number of nitrogens with zero attached hydrogens (tertiary/aromatic N) is 2. The van der Waals surface area contributed by atoms with Crippen LogP contribution < -0.4 is 16.6 Å². The van der Waals surface area contributed by atoms with Crippen LogP contribution in [0.4, 0.5) is 17.6 Å². The molecule has 2 heterocycles. The molecule has 1 amide bonds. The number of halogens is 4. The van der Waals surface area contributed by atoms with E-state index in [-0.39, 0.29) is 24.1 Å². The minimum atomic E-state index is -5.08.